The summed E-state index contributed by atoms with van der Waals surface area (Å²) >= 11 is 0. The molecule has 1 heterocycles. The van der Waals surface area contributed by atoms with Gasteiger partial charge < -0.3 is 25.4 Å². The fourth-order valence-electron chi connectivity index (χ4n) is 2.50. The van der Waals surface area contributed by atoms with E-state index >= 15 is 0 Å². The molecule has 0 radical (unpaired) electrons. The molecule has 2 atom stereocenters. The van der Waals surface area contributed by atoms with Crippen molar-refractivity contribution in [2.24, 2.45) is 11.3 Å². The van der Waals surface area contributed by atoms with Gasteiger partial charge in [0.15, 0.2) is 0 Å². The highest BCUT2D eigenvalue weighted by molar-refractivity contribution is 6.38. The summed E-state index contributed by atoms with van der Waals surface area (Å²) < 4.78 is 10.3. The Morgan fingerprint density at radius 3 is 2.54 bits per heavy atom. The Hall–Kier alpha value is -2.16. The van der Waals surface area contributed by atoms with Gasteiger partial charge in [-0.15, -0.1) is 0 Å². The first-order chi connectivity index (χ1) is 13.0. The smallest absolute Gasteiger partial charge is 0.407 e. The van der Waals surface area contributed by atoms with Gasteiger partial charge in [-0.2, -0.15) is 0 Å². The molecule has 28 heavy (non-hydrogen) atoms. The number of amides is 3. The summed E-state index contributed by atoms with van der Waals surface area (Å²) in [5, 5.41) is 7.53. The first-order valence-corrected chi connectivity index (χ1v) is 9.64. The topological polar surface area (TPSA) is 123 Å². The zero-order valence-corrected chi connectivity index (χ0v) is 17.4. The van der Waals surface area contributed by atoms with Crippen LogP contribution in [-0.4, -0.2) is 55.7 Å². The van der Waals surface area contributed by atoms with E-state index in [9.17, 15) is 19.2 Å². The van der Waals surface area contributed by atoms with Gasteiger partial charge >= 0.3 is 6.09 Å². The summed E-state index contributed by atoms with van der Waals surface area (Å²) in [5.41, 5.74) is -0.202. The van der Waals surface area contributed by atoms with Crippen LogP contribution in [0.3, 0.4) is 0 Å². The van der Waals surface area contributed by atoms with Crippen molar-refractivity contribution in [3.05, 3.63) is 0 Å². The summed E-state index contributed by atoms with van der Waals surface area (Å²) in [6.45, 7) is 9.94. The lowest BCUT2D eigenvalue weighted by Gasteiger charge is -2.26. The SMILES string of the molecule is CC(C)C(NC(=O)OCC(C)(C)C)C(=O)NC1CCCCOCNC(=O)C1=O. The van der Waals surface area contributed by atoms with Crippen molar-refractivity contribution in [3.63, 3.8) is 0 Å². The molecular formula is C19H33N3O6. The number of alkyl carbamates (subject to hydrolysis) is 1. The molecule has 160 valence electrons. The van der Waals surface area contributed by atoms with Crippen LogP contribution in [0.4, 0.5) is 4.79 Å². The molecule has 9 nitrogen and oxygen atoms in total. The van der Waals surface area contributed by atoms with Gasteiger partial charge in [0.1, 0.15) is 12.8 Å². The molecule has 9 heteroatoms. The van der Waals surface area contributed by atoms with E-state index < -0.39 is 35.8 Å². The number of carbonyl (C=O) groups is 4. The first-order valence-electron chi connectivity index (χ1n) is 9.64. The molecule has 1 saturated heterocycles. The minimum absolute atomic E-state index is 0.0406. The van der Waals surface area contributed by atoms with Crippen LogP contribution >= 0.6 is 0 Å². The summed E-state index contributed by atoms with van der Waals surface area (Å²) in [6, 6.07) is -1.83. The number of nitrogens with one attached hydrogen (secondary N) is 3. The van der Waals surface area contributed by atoms with Gasteiger partial charge in [0.05, 0.1) is 12.6 Å². The van der Waals surface area contributed by atoms with Crippen LogP contribution in [0, 0.1) is 11.3 Å². The number of rotatable bonds is 5. The van der Waals surface area contributed by atoms with Crippen LogP contribution in [0.2, 0.25) is 0 Å². The molecule has 0 aromatic heterocycles. The molecule has 1 fully saturated rings. The molecule has 0 saturated carbocycles. The molecule has 1 rings (SSSR count). The molecule has 0 aliphatic carbocycles. The molecule has 3 N–H and O–H groups in total. The molecule has 0 bridgehead atoms. The minimum Gasteiger partial charge on any atom is -0.449 e. The molecule has 2 unspecified atom stereocenters. The standard InChI is InChI=1S/C19H33N3O6/c1-12(2)14(22-18(26)28-10-19(3,4)5)16(24)21-13-8-6-7-9-27-11-20-17(25)15(13)23/h12-14H,6-11H2,1-5H3,(H,20,25)(H,21,24)(H,22,26). The number of carbonyl (C=O) groups excluding carboxylic acids is 4. The summed E-state index contributed by atoms with van der Waals surface area (Å²) in [7, 11) is 0. The van der Waals surface area contributed by atoms with E-state index in [1.807, 2.05) is 20.8 Å². The van der Waals surface area contributed by atoms with E-state index in [0.29, 0.717) is 25.9 Å². The highest BCUT2D eigenvalue weighted by Gasteiger charge is 2.32. The van der Waals surface area contributed by atoms with Gasteiger partial charge in [0, 0.05) is 6.61 Å². The van der Waals surface area contributed by atoms with Crippen LogP contribution in [0.1, 0.15) is 53.9 Å². The molecule has 0 spiro atoms. The van der Waals surface area contributed by atoms with Crippen LogP contribution in [0.15, 0.2) is 0 Å². The fraction of sp³-hybridized carbons (Fsp3) is 0.789. The quantitative estimate of drug-likeness (QED) is 0.595. The fourth-order valence-corrected chi connectivity index (χ4v) is 2.50. The van der Waals surface area contributed by atoms with Crippen LogP contribution in [0.25, 0.3) is 0 Å². The lowest BCUT2D eigenvalue weighted by atomic mass is 9.99. The highest BCUT2D eigenvalue weighted by atomic mass is 16.5. The third kappa shape index (κ3) is 8.69. The molecular weight excluding hydrogens is 366 g/mol. The number of hydrogen-bond acceptors (Lipinski definition) is 6. The Labute approximate surface area is 166 Å². The van der Waals surface area contributed by atoms with Gasteiger partial charge in [0.2, 0.25) is 11.7 Å². The van der Waals surface area contributed by atoms with Crippen LogP contribution in [-0.2, 0) is 23.9 Å². The molecule has 0 aromatic carbocycles. The average Bonchev–Trinajstić information content (AvgIpc) is 2.60. The van der Waals surface area contributed by atoms with E-state index in [1.165, 1.54) is 0 Å². The summed E-state index contributed by atoms with van der Waals surface area (Å²) in [5.74, 6) is -2.29. The molecule has 1 aliphatic heterocycles. The van der Waals surface area contributed by atoms with Gasteiger partial charge in [-0.1, -0.05) is 34.6 Å². The van der Waals surface area contributed by atoms with E-state index in [-0.39, 0.29) is 24.7 Å². The van der Waals surface area contributed by atoms with E-state index in [1.54, 1.807) is 13.8 Å². The Bertz CT molecular complexity index is 571. The summed E-state index contributed by atoms with van der Waals surface area (Å²) in [6.07, 6.45) is 0.953. The van der Waals surface area contributed by atoms with Crippen molar-refractivity contribution in [2.75, 3.05) is 19.9 Å². The number of hydrogen-bond donors (Lipinski definition) is 3. The number of ether oxygens (including phenoxy) is 2. The van der Waals surface area contributed by atoms with Crippen molar-refractivity contribution >= 4 is 23.7 Å². The lowest BCUT2D eigenvalue weighted by Crippen LogP contribution is -2.55. The zero-order chi connectivity index (χ0) is 21.3. The first kappa shape index (κ1) is 23.9. The van der Waals surface area contributed by atoms with Crippen LogP contribution < -0.4 is 16.0 Å². The summed E-state index contributed by atoms with van der Waals surface area (Å²) in [4.78, 5) is 49.0. The Morgan fingerprint density at radius 2 is 1.93 bits per heavy atom. The third-order valence-corrected chi connectivity index (χ3v) is 4.08. The van der Waals surface area contributed by atoms with Gasteiger partial charge in [0.25, 0.3) is 5.91 Å². The number of Topliss-reactive ketones (excluding diaryl/α,β-unsaturated/α-hetero) is 1. The van der Waals surface area contributed by atoms with Crippen molar-refractivity contribution < 1.29 is 28.7 Å². The predicted octanol–water partition coefficient (Wildman–Crippen LogP) is 1.11. The second-order valence-corrected chi connectivity index (χ2v) is 8.48. The normalized spacial score (nSPS) is 20.1. The lowest BCUT2D eigenvalue weighted by molar-refractivity contribution is -0.141. The predicted molar refractivity (Wildman–Crippen MR) is 102 cm³/mol. The maximum atomic E-state index is 12.7. The maximum Gasteiger partial charge on any atom is 0.407 e. The molecule has 3 amide bonds. The van der Waals surface area contributed by atoms with Crippen molar-refractivity contribution in [1.29, 1.82) is 0 Å². The highest BCUT2D eigenvalue weighted by Crippen LogP contribution is 2.13. The van der Waals surface area contributed by atoms with E-state index in [4.69, 9.17) is 9.47 Å². The van der Waals surface area contributed by atoms with E-state index in [2.05, 4.69) is 16.0 Å². The van der Waals surface area contributed by atoms with Gasteiger partial charge in [-0.05, 0) is 30.6 Å². The van der Waals surface area contributed by atoms with Crippen molar-refractivity contribution in [2.45, 2.75) is 66.0 Å². The zero-order valence-electron chi connectivity index (χ0n) is 17.4. The Morgan fingerprint density at radius 1 is 1.25 bits per heavy atom. The maximum absolute atomic E-state index is 12.7. The van der Waals surface area contributed by atoms with Crippen molar-refractivity contribution in [1.82, 2.24) is 16.0 Å². The van der Waals surface area contributed by atoms with Crippen molar-refractivity contribution in [3.8, 4) is 0 Å². The third-order valence-electron chi connectivity index (χ3n) is 4.08. The van der Waals surface area contributed by atoms with Crippen LogP contribution in [0.5, 0.6) is 0 Å². The average molecular weight is 399 g/mol. The Kier molecular flexibility index (Phi) is 9.37. The monoisotopic (exact) mass is 399 g/mol. The number of ketones is 1. The second-order valence-electron chi connectivity index (χ2n) is 8.48. The van der Waals surface area contributed by atoms with Gasteiger partial charge in [-0.3, -0.25) is 14.4 Å². The molecule has 1 aliphatic rings. The van der Waals surface area contributed by atoms with E-state index in [0.717, 1.165) is 0 Å². The minimum atomic E-state index is -0.945. The largest absolute Gasteiger partial charge is 0.449 e. The van der Waals surface area contributed by atoms with Gasteiger partial charge in [-0.25, -0.2) is 4.79 Å². The Balaban J connectivity index is 2.75. The second kappa shape index (κ2) is 11.0. The molecule has 0 aromatic rings.